The Morgan fingerprint density at radius 3 is 2.71 bits per heavy atom. The second-order valence-corrected chi connectivity index (χ2v) is 6.86. The maximum absolute atomic E-state index is 12.6. The average molecular weight is 327 g/mol. The van der Waals surface area contributed by atoms with Gasteiger partial charge < -0.3 is 4.90 Å². The van der Waals surface area contributed by atoms with E-state index in [1.54, 1.807) is 6.92 Å². The van der Waals surface area contributed by atoms with Crippen LogP contribution in [0.1, 0.15) is 37.1 Å². The average Bonchev–Trinajstić information content (AvgIpc) is 2.93. The number of aromatic amines is 1. The largest absolute Gasteiger partial charge is 0.342 e. The molecule has 3 rings (SSSR count). The van der Waals surface area contributed by atoms with Gasteiger partial charge in [-0.25, -0.2) is 9.50 Å². The van der Waals surface area contributed by atoms with Crippen molar-refractivity contribution in [2.24, 2.45) is 11.8 Å². The molecule has 2 aromatic rings. The molecule has 3 heterocycles. The number of hydrogen-bond donors (Lipinski definition) is 1. The topological polar surface area (TPSA) is 94.3 Å². The molecular weight excluding hydrogens is 306 g/mol. The molecule has 0 spiro atoms. The zero-order valence-corrected chi connectivity index (χ0v) is 14.2. The lowest BCUT2D eigenvalue weighted by Gasteiger charge is -2.35. The molecule has 1 aliphatic rings. The number of piperidine rings is 1. The first-order valence-electron chi connectivity index (χ1n) is 8.18. The van der Waals surface area contributed by atoms with Gasteiger partial charge in [0.15, 0.2) is 5.65 Å². The minimum atomic E-state index is -0.314. The van der Waals surface area contributed by atoms with Crippen LogP contribution in [0.2, 0.25) is 0 Å². The summed E-state index contributed by atoms with van der Waals surface area (Å²) in [4.78, 5) is 31.5. The molecule has 2 atom stereocenters. The maximum Gasteiger partial charge on any atom is 0.276 e. The lowest BCUT2D eigenvalue weighted by molar-refractivity contribution is -0.133. The summed E-state index contributed by atoms with van der Waals surface area (Å²) in [6.07, 6.45) is 2.61. The lowest BCUT2D eigenvalue weighted by atomic mass is 9.91. The Morgan fingerprint density at radius 2 is 2.08 bits per heavy atom. The van der Waals surface area contributed by atoms with Crippen molar-refractivity contribution in [3.8, 4) is 6.07 Å². The standard InChI is InChI=1S/C17H21N5O2/c1-10-4-11(2)9-21(8-10)15(23)5-14-12(3)20-16-13(6-18)7-19-22(16)17(14)24/h7,10-11,19H,4-5,8-9H2,1-3H3/t10-,11-/m0/s1. The van der Waals surface area contributed by atoms with Crippen LogP contribution in [-0.2, 0) is 11.2 Å². The van der Waals surface area contributed by atoms with Gasteiger partial charge in [0.05, 0.1) is 6.42 Å². The van der Waals surface area contributed by atoms with E-state index in [0.717, 1.165) is 19.5 Å². The van der Waals surface area contributed by atoms with Gasteiger partial charge in [0.25, 0.3) is 5.56 Å². The van der Waals surface area contributed by atoms with Crippen LogP contribution in [0.3, 0.4) is 0 Å². The Balaban J connectivity index is 1.91. The van der Waals surface area contributed by atoms with E-state index < -0.39 is 0 Å². The van der Waals surface area contributed by atoms with Crippen molar-refractivity contribution in [2.75, 3.05) is 13.1 Å². The van der Waals surface area contributed by atoms with Gasteiger partial charge in [-0.1, -0.05) is 13.8 Å². The number of nitrogens with zero attached hydrogens (tertiary/aromatic N) is 4. The third-order valence-corrected chi connectivity index (χ3v) is 4.63. The van der Waals surface area contributed by atoms with Crippen molar-refractivity contribution < 1.29 is 4.79 Å². The fourth-order valence-electron chi connectivity index (χ4n) is 3.57. The number of H-pyrrole nitrogens is 1. The van der Waals surface area contributed by atoms with Crippen molar-refractivity contribution >= 4 is 11.6 Å². The van der Waals surface area contributed by atoms with Gasteiger partial charge in [-0.05, 0) is 25.2 Å². The van der Waals surface area contributed by atoms with Crippen LogP contribution < -0.4 is 5.56 Å². The minimum absolute atomic E-state index is 0.0394. The van der Waals surface area contributed by atoms with Crippen LogP contribution >= 0.6 is 0 Å². The molecule has 1 aliphatic heterocycles. The van der Waals surface area contributed by atoms with Gasteiger partial charge >= 0.3 is 0 Å². The van der Waals surface area contributed by atoms with Crippen LogP contribution in [0, 0.1) is 30.1 Å². The molecule has 126 valence electrons. The first-order valence-corrected chi connectivity index (χ1v) is 8.18. The molecule has 0 bridgehead atoms. The van der Waals surface area contributed by atoms with Crippen molar-refractivity contribution in [1.82, 2.24) is 19.5 Å². The summed E-state index contributed by atoms with van der Waals surface area (Å²) in [7, 11) is 0. The molecule has 0 unspecified atom stereocenters. The van der Waals surface area contributed by atoms with Gasteiger partial charge in [-0.15, -0.1) is 0 Å². The van der Waals surface area contributed by atoms with Crippen molar-refractivity contribution in [3.05, 3.63) is 33.4 Å². The minimum Gasteiger partial charge on any atom is -0.342 e. The van der Waals surface area contributed by atoms with Crippen LogP contribution in [-0.4, -0.2) is 38.5 Å². The highest BCUT2D eigenvalue weighted by Gasteiger charge is 2.26. The SMILES string of the molecule is Cc1nc2c(C#N)c[nH]n2c(=O)c1CC(=O)N1C[C@@H](C)C[C@H](C)C1. The zero-order valence-electron chi connectivity index (χ0n) is 14.2. The number of rotatable bonds is 2. The first-order chi connectivity index (χ1) is 11.4. The molecule has 1 saturated heterocycles. The zero-order chi connectivity index (χ0) is 17.4. The first kappa shape index (κ1) is 16.2. The summed E-state index contributed by atoms with van der Waals surface area (Å²) >= 11 is 0. The molecule has 1 fully saturated rings. The fourth-order valence-corrected chi connectivity index (χ4v) is 3.57. The van der Waals surface area contributed by atoms with E-state index in [2.05, 4.69) is 23.9 Å². The van der Waals surface area contributed by atoms with Crippen LogP contribution in [0.4, 0.5) is 0 Å². The highest BCUT2D eigenvalue weighted by atomic mass is 16.2. The van der Waals surface area contributed by atoms with E-state index in [-0.39, 0.29) is 17.9 Å². The third-order valence-electron chi connectivity index (χ3n) is 4.63. The molecule has 1 N–H and O–H groups in total. The summed E-state index contributed by atoms with van der Waals surface area (Å²) in [5.41, 5.74) is 1.19. The van der Waals surface area contributed by atoms with E-state index >= 15 is 0 Å². The number of carbonyl (C=O) groups excluding carboxylic acids is 1. The molecule has 24 heavy (non-hydrogen) atoms. The van der Waals surface area contributed by atoms with Crippen LogP contribution in [0.15, 0.2) is 11.0 Å². The van der Waals surface area contributed by atoms with E-state index in [0.29, 0.717) is 34.3 Å². The van der Waals surface area contributed by atoms with Gasteiger partial charge in [0.2, 0.25) is 5.91 Å². The lowest BCUT2D eigenvalue weighted by Crippen LogP contribution is -2.44. The molecular formula is C17H21N5O2. The highest BCUT2D eigenvalue weighted by molar-refractivity contribution is 5.79. The summed E-state index contributed by atoms with van der Waals surface area (Å²) in [5, 5.41) is 11.8. The van der Waals surface area contributed by atoms with E-state index in [4.69, 9.17) is 5.26 Å². The van der Waals surface area contributed by atoms with Gasteiger partial charge in [0, 0.05) is 30.5 Å². The summed E-state index contributed by atoms with van der Waals surface area (Å²) in [6.45, 7) is 7.47. The normalized spacial score (nSPS) is 21.0. The Morgan fingerprint density at radius 1 is 1.42 bits per heavy atom. The number of nitrogens with one attached hydrogen (secondary N) is 1. The molecule has 0 radical (unpaired) electrons. The number of aromatic nitrogens is 3. The third kappa shape index (κ3) is 2.80. The second-order valence-electron chi connectivity index (χ2n) is 6.86. The second kappa shape index (κ2) is 6.11. The summed E-state index contributed by atoms with van der Waals surface area (Å²) < 4.78 is 1.23. The van der Waals surface area contributed by atoms with Crippen molar-refractivity contribution in [3.63, 3.8) is 0 Å². The molecule has 7 heteroatoms. The molecule has 0 aliphatic carbocycles. The molecule has 1 amide bonds. The Hall–Kier alpha value is -2.62. The molecule has 0 saturated carbocycles. The Kier molecular flexibility index (Phi) is 4.14. The van der Waals surface area contributed by atoms with Crippen molar-refractivity contribution in [1.29, 1.82) is 5.26 Å². The molecule has 7 nitrogen and oxygen atoms in total. The van der Waals surface area contributed by atoms with Crippen LogP contribution in [0.5, 0.6) is 0 Å². The number of amides is 1. The Bertz CT molecular complexity index is 879. The number of aryl methyl sites for hydroxylation is 1. The van der Waals surface area contributed by atoms with Crippen molar-refractivity contribution in [2.45, 2.75) is 33.6 Å². The van der Waals surface area contributed by atoms with Crippen LogP contribution in [0.25, 0.3) is 5.65 Å². The van der Waals surface area contributed by atoms with E-state index in [1.807, 2.05) is 11.0 Å². The summed E-state index contributed by atoms with van der Waals surface area (Å²) in [6, 6.07) is 2.00. The Labute approximate surface area is 139 Å². The number of nitriles is 1. The predicted molar refractivity (Wildman–Crippen MR) is 88.5 cm³/mol. The number of fused-ring (bicyclic) bond motifs is 1. The number of likely N-dealkylation sites (tertiary alicyclic amines) is 1. The fraction of sp³-hybridized carbons (Fsp3) is 0.529. The van der Waals surface area contributed by atoms with E-state index in [9.17, 15) is 9.59 Å². The monoisotopic (exact) mass is 327 g/mol. The van der Waals surface area contributed by atoms with Gasteiger partial charge in [0.1, 0.15) is 11.6 Å². The molecule has 2 aromatic heterocycles. The van der Waals surface area contributed by atoms with Gasteiger partial charge in [-0.2, -0.15) is 5.26 Å². The quantitative estimate of drug-likeness (QED) is 0.898. The predicted octanol–water partition coefficient (Wildman–Crippen LogP) is 1.25. The smallest absolute Gasteiger partial charge is 0.276 e. The van der Waals surface area contributed by atoms with Gasteiger partial charge in [-0.3, -0.25) is 14.7 Å². The van der Waals surface area contributed by atoms with E-state index in [1.165, 1.54) is 10.7 Å². The number of carbonyl (C=O) groups is 1. The molecule has 0 aromatic carbocycles. The maximum atomic E-state index is 12.6. The highest BCUT2D eigenvalue weighted by Crippen LogP contribution is 2.21. The number of hydrogen-bond acceptors (Lipinski definition) is 4. The summed E-state index contributed by atoms with van der Waals surface area (Å²) in [5.74, 6) is 0.909.